The quantitative estimate of drug-likeness (QED) is 0.309. The van der Waals surface area contributed by atoms with Crippen molar-refractivity contribution in [2.75, 3.05) is 18.2 Å². The third-order valence-electron chi connectivity index (χ3n) is 5.11. The smallest absolute Gasteiger partial charge is 0.234 e. The number of carbonyl (C=O) groups is 1. The SMILES string of the molecule is CCn1c(SCC(=O)Nc2ccc(Oc3ccc(C)cc3)cc2)nnc1-c1ccccc1OC. The van der Waals surface area contributed by atoms with Crippen molar-refractivity contribution in [3.63, 3.8) is 0 Å². The van der Waals surface area contributed by atoms with Gasteiger partial charge in [-0.3, -0.25) is 4.79 Å². The molecule has 1 heterocycles. The van der Waals surface area contributed by atoms with Crippen LogP contribution >= 0.6 is 11.8 Å². The van der Waals surface area contributed by atoms with Gasteiger partial charge in [-0.2, -0.15) is 0 Å². The van der Waals surface area contributed by atoms with Crippen LogP contribution in [0.5, 0.6) is 17.2 Å². The minimum Gasteiger partial charge on any atom is -0.496 e. The highest BCUT2D eigenvalue weighted by Gasteiger charge is 2.17. The lowest BCUT2D eigenvalue weighted by Crippen LogP contribution is -2.14. The molecule has 174 valence electrons. The van der Waals surface area contributed by atoms with Crippen LogP contribution < -0.4 is 14.8 Å². The largest absolute Gasteiger partial charge is 0.496 e. The third kappa shape index (κ3) is 5.58. The zero-order valence-corrected chi connectivity index (χ0v) is 20.1. The summed E-state index contributed by atoms with van der Waals surface area (Å²) in [5, 5.41) is 12.2. The molecule has 0 aliphatic heterocycles. The van der Waals surface area contributed by atoms with Gasteiger partial charge >= 0.3 is 0 Å². The van der Waals surface area contributed by atoms with Crippen LogP contribution in [-0.4, -0.2) is 33.5 Å². The van der Waals surface area contributed by atoms with E-state index in [-0.39, 0.29) is 11.7 Å². The van der Waals surface area contributed by atoms with Crippen LogP contribution in [0.4, 0.5) is 5.69 Å². The number of aromatic nitrogens is 3. The first kappa shape index (κ1) is 23.4. The second-order valence-corrected chi connectivity index (χ2v) is 8.47. The van der Waals surface area contributed by atoms with Gasteiger partial charge in [0.1, 0.15) is 17.2 Å². The number of ether oxygens (including phenoxy) is 2. The molecule has 0 aliphatic carbocycles. The van der Waals surface area contributed by atoms with Crippen LogP contribution in [0, 0.1) is 6.92 Å². The molecule has 8 heteroatoms. The number of nitrogens with one attached hydrogen (secondary N) is 1. The Hall–Kier alpha value is -3.78. The molecular weight excluding hydrogens is 448 g/mol. The average Bonchev–Trinajstić information content (AvgIpc) is 3.28. The van der Waals surface area contributed by atoms with Gasteiger partial charge in [-0.15, -0.1) is 10.2 Å². The first-order valence-corrected chi connectivity index (χ1v) is 11.9. The van der Waals surface area contributed by atoms with Crippen molar-refractivity contribution in [2.45, 2.75) is 25.5 Å². The number of anilines is 1. The summed E-state index contributed by atoms with van der Waals surface area (Å²) in [6, 6.07) is 22.8. The van der Waals surface area contributed by atoms with Crippen molar-refractivity contribution < 1.29 is 14.3 Å². The Kier molecular flexibility index (Phi) is 7.49. The number of carbonyl (C=O) groups excluding carboxylic acids is 1. The average molecular weight is 475 g/mol. The van der Waals surface area contributed by atoms with Crippen molar-refractivity contribution in [3.8, 4) is 28.6 Å². The fourth-order valence-electron chi connectivity index (χ4n) is 3.39. The lowest BCUT2D eigenvalue weighted by atomic mass is 10.2. The van der Waals surface area contributed by atoms with Crippen molar-refractivity contribution >= 4 is 23.4 Å². The van der Waals surface area contributed by atoms with Crippen LogP contribution in [0.2, 0.25) is 0 Å². The Labute approximate surface area is 203 Å². The lowest BCUT2D eigenvalue weighted by molar-refractivity contribution is -0.113. The molecule has 4 rings (SSSR count). The van der Waals surface area contributed by atoms with Gasteiger partial charge in [0.15, 0.2) is 11.0 Å². The minimum atomic E-state index is -0.123. The van der Waals surface area contributed by atoms with E-state index in [4.69, 9.17) is 9.47 Å². The summed E-state index contributed by atoms with van der Waals surface area (Å²) in [5.74, 6) is 3.01. The molecule has 0 unspecified atom stereocenters. The van der Waals surface area contributed by atoms with E-state index >= 15 is 0 Å². The molecule has 7 nitrogen and oxygen atoms in total. The maximum Gasteiger partial charge on any atom is 0.234 e. The summed E-state index contributed by atoms with van der Waals surface area (Å²) in [5.41, 5.74) is 2.74. The molecule has 1 amide bonds. The van der Waals surface area contributed by atoms with Crippen LogP contribution in [0.1, 0.15) is 12.5 Å². The van der Waals surface area contributed by atoms with Gasteiger partial charge in [0.05, 0.1) is 18.4 Å². The maximum atomic E-state index is 12.5. The third-order valence-corrected chi connectivity index (χ3v) is 6.07. The fraction of sp³-hybridized carbons (Fsp3) is 0.192. The Morgan fingerprint density at radius 2 is 1.65 bits per heavy atom. The van der Waals surface area contributed by atoms with Crippen LogP contribution in [0.3, 0.4) is 0 Å². The van der Waals surface area contributed by atoms with E-state index in [0.29, 0.717) is 29.0 Å². The molecule has 4 aromatic rings. The predicted octanol–water partition coefficient (Wildman–Crippen LogP) is 5.81. The first-order chi connectivity index (χ1) is 16.6. The van der Waals surface area contributed by atoms with Gasteiger partial charge in [0.25, 0.3) is 0 Å². The second kappa shape index (κ2) is 10.9. The molecule has 34 heavy (non-hydrogen) atoms. The van der Waals surface area contributed by atoms with E-state index in [9.17, 15) is 4.79 Å². The van der Waals surface area contributed by atoms with E-state index in [1.54, 1.807) is 7.11 Å². The monoisotopic (exact) mass is 474 g/mol. The molecule has 0 atom stereocenters. The number of aryl methyl sites for hydroxylation is 1. The van der Waals surface area contributed by atoms with Crippen LogP contribution in [0.25, 0.3) is 11.4 Å². The van der Waals surface area contributed by atoms with E-state index in [2.05, 4.69) is 15.5 Å². The van der Waals surface area contributed by atoms with E-state index < -0.39 is 0 Å². The van der Waals surface area contributed by atoms with Gasteiger partial charge in [-0.05, 0) is 62.4 Å². The van der Waals surface area contributed by atoms with Gasteiger partial charge in [0, 0.05) is 12.2 Å². The lowest BCUT2D eigenvalue weighted by Gasteiger charge is -2.10. The Morgan fingerprint density at radius 1 is 0.971 bits per heavy atom. The van der Waals surface area contributed by atoms with Crippen molar-refractivity contribution in [2.24, 2.45) is 0 Å². The zero-order valence-electron chi connectivity index (χ0n) is 19.3. The number of hydrogen-bond donors (Lipinski definition) is 1. The number of amides is 1. The van der Waals surface area contributed by atoms with Crippen LogP contribution in [-0.2, 0) is 11.3 Å². The van der Waals surface area contributed by atoms with Crippen molar-refractivity contribution in [3.05, 3.63) is 78.4 Å². The van der Waals surface area contributed by atoms with Gasteiger partial charge < -0.3 is 19.4 Å². The Bertz CT molecular complexity index is 1250. The molecule has 3 aromatic carbocycles. The van der Waals surface area contributed by atoms with Crippen LogP contribution in [0.15, 0.2) is 78.0 Å². The fourth-order valence-corrected chi connectivity index (χ4v) is 4.19. The second-order valence-electron chi connectivity index (χ2n) is 7.53. The molecule has 0 saturated carbocycles. The summed E-state index contributed by atoms with van der Waals surface area (Å²) in [7, 11) is 1.63. The summed E-state index contributed by atoms with van der Waals surface area (Å²) in [4.78, 5) is 12.5. The summed E-state index contributed by atoms with van der Waals surface area (Å²) < 4.78 is 13.3. The molecule has 0 fully saturated rings. The zero-order chi connectivity index (χ0) is 23.9. The number of rotatable bonds is 9. The number of para-hydroxylation sites is 1. The van der Waals surface area contributed by atoms with E-state index in [1.807, 2.05) is 91.2 Å². The number of thioether (sulfide) groups is 1. The number of methoxy groups -OCH3 is 1. The molecule has 0 radical (unpaired) electrons. The summed E-state index contributed by atoms with van der Waals surface area (Å²) in [6.07, 6.45) is 0. The summed E-state index contributed by atoms with van der Waals surface area (Å²) >= 11 is 1.35. The molecule has 0 aliphatic rings. The van der Waals surface area contributed by atoms with Gasteiger partial charge in [-0.1, -0.05) is 41.6 Å². The molecular formula is C26H26N4O3S. The highest BCUT2D eigenvalue weighted by atomic mass is 32.2. The molecule has 0 bridgehead atoms. The normalized spacial score (nSPS) is 10.7. The van der Waals surface area contributed by atoms with Crippen molar-refractivity contribution in [1.82, 2.24) is 14.8 Å². The molecule has 0 saturated heterocycles. The highest BCUT2D eigenvalue weighted by Crippen LogP contribution is 2.31. The molecule has 1 N–H and O–H groups in total. The number of nitrogens with zero attached hydrogens (tertiary/aromatic N) is 3. The highest BCUT2D eigenvalue weighted by molar-refractivity contribution is 7.99. The Balaban J connectivity index is 1.36. The molecule has 0 spiro atoms. The number of benzene rings is 3. The summed E-state index contributed by atoms with van der Waals surface area (Å²) in [6.45, 7) is 4.73. The number of hydrogen-bond acceptors (Lipinski definition) is 6. The minimum absolute atomic E-state index is 0.123. The maximum absolute atomic E-state index is 12.5. The van der Waals surface area contributed by atoms with Gasteiger partial charge in [0.2, 0.25) is 5.91 Å². The predicted molar refractivity (Wildman–Crippen MR) is 135 cm³/mol. The van der Waals surface area contributed by atoms with E-state index in [0.717, 1.165) is 17.1 Å². The Morgan fingerprint density at radius 3 is 2.32 bits per heavy atom. The molecule has 1 aromatic heterocycles. The van der Waals surface area contributed by atoms with E-state index in [1.165, 1.54) is 17.3 Å². The van der Waals surface area contributed by atoms with Gasteiger partial charge in [-0.25, -0.2) is 0 Å². The van der Waals surface area contributed by atoms with Crippen molar-refractivity contribution in [1.29, 1.82) is 0 Å². The topological polar surface area (TPSA) is 78.3 Å². The first-order valence-electron chi connectivity index (χ1n) is 10.9. The standard InChI is InChI=1S/C26H26N4O3S/c1-4-30-25(22-7-5-6-8-23(22)32-3)28-29-26(30)34-17-24(31)27-19-11-15-21(16-12-19)33-20-13-9-18(2)10-14-20/h5-16H,4,17H2,1-3H3,(H,27,31).